The molecule has 1 saturated heterocycles. The molecule has 1 aromatic carbocycles. The first-order chi connectivity index (χ1) is 28.0. The van der Waals surface area contributed by atoms with Gasteiger partial charge in [0.2, 0.25) is 23.6 Å². The van der Waals surface area contributed by atoms with Gasteiger partial charge in [-0.2, -0.15) is 0 Å². The van der Waals surface area contributed by atoms with Gasteiger partial charge in [-0.05, 0) is 60.9 Å². The van der Waals surface area contributed by atoms with Crippen LogP contribution in [0.3, 0.4) is 0 Å². The number of carboxylic acids is 1. The zero-order valence-electron chi connectivity index (χ0n) is 37.1. The average Bonchev–Trinajstić information content (AvgIpc) is 3.69. The number of aliphatic carboxylic acids is 1. The van der Waals surface area contributed by atoms with Gasteiger partial charge in [0.1, 0.15) is 12.1 Å². The van der Waals surface area contributed by atoms with Crippen LogP contribution in [0.4, 0.5) is 0 Å². The first-order valence-corrected chi connectivity index (χ1v) is 21.0. The van der Waals surface area contributed by atoms with Crippen molar-refractivity contribution in [3.63, 3.8) is 0 Å². The topological polar surface area (TPSA) is 171 Å². The lowest BCUT2D eigenvalue weighted by Crippen LogP contribution is -2.60. The molecule has 1 aromatic heterocycles. The molecule has 9 atom stereocenters. The number of nitrogens with one attached hydrogen (secondary N) is 2. The Morgan fingerprint density at radius 2 is 1.53 bits per heavy atom. The number of nitrogens with zero attached hydrogens (tertiary/aromatic N) is 4. The van der Waals surface area contributed by atoms with Crippen molar-refractivity contribution in [1.29, 1.82) is 0 Å². The van der Waals surface area contributed by atoms with E-state index < -0.39 is 60.2 Å². The fourth-order valence-corrected chi connectivity index (χ4v) is 8.52. The van der Waals surface area contributed by atoms with E-state index in [-0.39, 0.29) is 48.3 Å². The number of amides is 4. The molecule has 1 fully saturated rings. The lowest BCUT2D eigenvalue weighted by Gasteiger charge is -2.41. The van der Waals surface area contributed by atoms with E-state index in [9.17, 15) is 29.1 Å². The van der Waals surface area contributed by atoms with Crippen LogP contribution in [0.2, 0.25) is 0 Å². The van der Waals surface area contributed by atoms with Crippen LogP contribution in [0.5, 0.6) is 0 Å². The second kappa shape index (κ2) is 23.4. The molecule has 3 N–H and O–H groups in total. The summed E-state index contributed by atoms with van der Waals surface area (Å²) in [7, 11) is 6.66. The molecule has 0 bridgehead atoms. The van der Waals surface area contributed by atoms with E-state index in [4.69, 9.17) is 9.47 Å². The summed E-state index contributed by atoms with van der Waals surface area (Å²) in [5.74, 6) is -3.41. The molecule has 4 amide bonds. The van der Waals surface area contributed by atoms with Gasteiger partial charge in [0.15, 0.2) is 0 Å². The van der Waals surface area contributed by atoms with Gasteiger partial charge in [-0.25, -0.2) is 4.79 Å². The van der Waals surface area contributed by atoms with Gasteiger partial charge in [-0.15, -0.1) is 0 Å². The van der Waals surface area contributed by atoms with E-state index in [0.29, 0.717) is 32.4 Å². The van der Waals surface area contributed by atoms with Crippen LogP contribution in [0.15, 0.2) is 54.9 Å². The van der Waals surface area contributed by atoms with Crippen LogP contribution < -0.4 is 10.6 Å². The summed E-state index contributed by atoms with van der Waals surface area (Å²) >= 11 is 0. The molecule has 59 heavy (non-hydrogen) atoms. The van der Waals surface area contributed by atoms with Gasteiger partial charge in [0, 0.05) is 53.2 Å². The molecule has 14 nitrogen and oxygen atoms in total. The van der Waals surface area contributed by atoms with Crippen LogP contribution in [-0.4, -0.2) is 132 Å². The number of rotatable bonds is 23. The lowest BCUT2D eigenvalue weighted by atomic mass is 9.89. The Balaban J connectivity index is 1.78. The van der Waals surface area contributed by atoms with E-state index in [1.807, 2.05) is 96.0 Å². The quantitative estimate of drug-likeness (QED) is 0.146. The number of likely N-dealkylation sites (tertiary alicyclic amines) is 1. The molecule has 0 aliphatic carbocycles. The molecule has 14 heteroatoms. The molecule has 2 aromatic rings. The largest absolute Gasteiger partial charge is 0.480 e. The van der Waals surface area contributed by atoms with Gasteiger partial charge >= 0.3 is 5.97 Å². The van der Waals surface area contributed by atoms with E-state index in [2.05, 4.69) is 15.6 Å². The summed E-state index contributed by atoms with van der Waals surface area (Å²) in [5, 5.41) is 15.7. The summed E-state index contributed by atoms with van der Waals surface area (Å²) in [6.07, 6.45) is 4.18. The first kappa shape index (κ1) is 49.0. The number of likely N-dealkylation sites (N-methyl/N-ethyl adjacent to an activating group) is 2. The second-order valence-corrected chi connectivity index (χ2v) is 16.9. The highest BCUT2D eigenvalue weighted by atomic mass is 16.5. The Morgan fingerprint density at radius 1 is 0.881 bits per heavy atom. The number of benzene rings is 1. The van der Waals surface area contributed by atoms with Crippen molar-refractivity contribution >= 4 is 29.6 Å². The molecular weight excluding hydrogens is 753 g/mol. The Kier molecular flexibility index (Phi) is 19.4. The number of methoxy groups -OCH3 is 2. The van der Waals surface area contributed by atoms with Crippen molar-refractivity contribution in [3.05, 3.63) is 66.0 Å². The Hall–Kier alpha value is -4.40. The average molecular weight is 823 g/mol. The maximum absolute atomic E-state index is 14.5. The SMILES string of the molecule is CCC(C)C(C(CC(=O)N1CCC[C@H]1C(OC)C(C)C(=O)NC(Cc1ccccc1)C(=O)O)OC)N(C)C(=O)C(NC(=O)C(C(C)C)N(C)Cc1ccncc1)C(C)C. The van der Waals surface area contributed by atoms with Crippen molar-refractivity contribution in [2.45, 2.75) is 130 Å². The van der Waals surface area contributed by atoms with Crippen LogP contribution in [0.25, 0.3) is 0 Å². The zero-order chi connectivity index (χ0) is 44.0. The van der Waals surface area contributed by atoms with Gasteiger partial charge in [0.25, 0.3) is 0 Å². The number of carboxylic acid groups (broad SMARTS) is 1. The number of hydrogen-bond donors (Lipinski definition) is 3. The fraction of sp³-hybridized carbons (Fsp3) is 0.644. The molecule has 0 spiro atoms. The smallest absolute Gasteiger partial charge is 0.326 e. The highest BCUT2D eigenvalue weighted by Crippen LogP contribution is 2.30. The molecule has 2 heterocycles. The molecule has 328 valence electrons. The van der Waals surface area contributed by atoms with E-state index >= 15 is 0 Å². The predicted octanol–water partition coefficient (Wildman–Crippen LogP) is 4.41. The van der Waals surface area contributed by atoms with Gasteiger partial charge in [0.05, 0.1) is 42.7 Å². The third-order valence-corrected chi connectivity index (χ3v) is 11.9. The Bertz CT molecular complexity index is 1650. The summed E-state index contributed by atoms with van der Waals surface area (Å²) in [4.78, 5) is 77.9. The van der Waals surface area contributed by atoms with Crippen LogP contribution in [0.1, 0.15) is 85.3 Å². The van der Waals surface area contributed by atoms with Crippen molar-refractivity contribution in [1.82, 2.24) is 30.3 Å². The van der Waals surface area contributed by atoms with E-state index in [1.54, 1.807) is 43.3 Å². The number of aromatic nitrogens is 1. The standard InChI is InChI=1S/C45H70N6O8/c1-12-30(6)40(50(9)44(55)38(28(2)3)48-43(54)39(29(4)5)49(8)27-33-20-22-46-23-21-33)36(58-10)26-37(52)51-24-16-19-35(51)41(59-11)31(7)42(53)47-34(45(56)57)25-32-17-14-13-15-18-32/h13-15,17-18,20-23,28-31,34-36,38-41H,12,16,19,24-27H2,1-11H3,(H,47,53)(H,48,54)(H,56,57)/t30?,31?,34?,35-,36?,38?,39?,40?,41?/m0/s1. The maximum Gasteiger partial charge on any atom is 0.326 e. The third-order valence-electron chi connectivity index (χ3n) is 11.9. The Labute approximate surface area is 351 Å². The van der Waals surface area contributed by atoms with Crippen LogP contribution in [-0.2, 0) is 46.4 Å². The van der Waals surface area contributed by atoms with Crippen LogP contribution >= 0.6 is 0 Å². The first-order valence-electron chi connectivity index (χ1n) is 21.0. The number of hydrogen-bond acceptors (Lipinski definition) is 9. The molecule has 0 saturated carbocycles. The molecule has 3 rings (SSSR count). The summed E-state index contributed by atoms with van der Waals surface area (Å²) in [6, 6.07) is 9.54. The predicted molar refractivity (Wildman–Crippen MR) is 227 cm³/mol. The molecule has 1 aliphatic rings. The van der Waals surface area contributed by atoms with Crippen molar-refractivity contribution in [3.8, 4) is 0 Å². The lowest BCUT2D eigenvalue weighted by molar-refractivity contribution is -0.148. The number of pyridine rings is 1. The number of carbonyl (C=O) groups excluding carboxylic acids is 4. The third kappa shape index (κ3) is 13.3. The van der Waals surface area contributed by atoms with Crippen molar-refractivity contribution in [2.24, 2.45) is 23.7 Å². The minimum atomic E-state index is -1.14. The summed E-state index contributed by atoms with van der Waals surface area (Å²) in [6.45, 7) is 14.5. The minimum Gasteiger partial charge on any atom is -0.480 e. The minimum absolute atomic E-state index is 0.0251. The van der Waals surface area contributed by atoms with E-state index in [0.717, 1.165) is 11.1 Å². The molecular formula is C45H70N6O8. The zero-order valence-corrected chi connectivity index (χ0v) is 37.1. The van der Waals surface area contributed by atoms with Gasteiger partial charge in [-0.1, -0.05) is 85.2 Å². The highest BCUT2D eigenvalue weighted by molar-refractivity contribution is 5.90. The monoisotopic (exact) mass is 823 g/mol. The highest BCUT2D eigenvalue weighted by Gasteiger charge is 2.43. The van der Waals surface area contributed by atoms with Crippen molar-refractivity contribution < 1.29 is 38.6 Å². The molecule has 1 aliphatic heterocycles. The molecule has 8 unspecified atom stereocenters. The van der Waals surface area contributed by atoms with Crippen LogP contribution in [0, 0.1) is 23.7 Å². The Morgan fingerprint density at radius 3 is 2.07 bits per heavy atom. The van der Waals surface area contributed by atoms with E-state index in [1.165, 1.54) is 7.11 Å². The normalized spacial score (nSPS) is 18.4. The number of carbonyl (C=O) groups is 5. The maximum atomic E-state index is 14.5. The van der Waals surface area contributed by atoms with Crippen molar-refractivity contribution in [2.75, 3.05) is 34.9 Å². The summed E-state index contributed by atoms with van der Waals surface area (Å²) < 4.78 is 11.9. The second-order valence-electron chi connectivity index (χ2n) is 16.9. The van der Waals surface area contributed by atoms with Gasteiger partial charge in [-0.3, -0.25) is 29.1 Å². The fourth-order valence-electron chi connectivity index (χ4n) is 8.52. The number of ether oxygens (including phenoxy) is 2. The summed E-state index contributed by atoms with van der Waals surface area (Å²) in [5.41, 5.74) is 1.81. The molecule has 0 radical (unpaired) electrons. The van der Waals surface area contributed by atoms with Gasteiger partial charge < -0.3 is 35.0 Å².